The van der Waals surface area contributed by atoms with Crippen molar-refractivity contribution in [3.05, 3.63) is 29.8 Å². The third-order valence-corrected chi connectivity index (χ3v) is 4.36. The van der Waals surface area contributed by atoms with E-state index in [0.717, 1.165) is 17.7 Å². The van der Waals surface area contributed by atoms with Crippen LogP contribution in [0.4, 0.5) is 0 Å². The number of carbonyl (C=O) groups is 1. The molecule has 2 aliphatic rings. The minimum absolute atomic E-state index is 0.315. The van der Waals surface area contributed by atoms with Crippen molar-refractivity contribution in [2.45, 2.75) is 32.1 Å². The Morgan fingerprint density at radius 2 is 2.17 bits per heavy atom. The minimum atomic E-state index is -0.709. The summed E-state index contributed by atoms with van der Waals surface area (Å²) in [5.74, 6) is 0.724. The third-order valence-electron chi connectivity index (χ3n) is 4.36. The lowest BCUT2D eigenvalue weighted by Crippen LogP contribution is -2.44. The highest BCUT2D eigenvalue weighted by molar-refractivity contribution is 5.76. The highest BCUT2D eigenvalue weighted by Gasteiger charge is 2.45. The fourth-order valence-electron chi connectivity index (χ4n) is 3.03. The molecule has 0 saturated heterocycles. The zero-order valence-electron chi connectivity index (χ0n) is 10.4. The molecule has 18 heavy (non-hydrogen) atoms. The third kappa shape index (κ3) is 1.88. The highest BCUT2D eigenvalue weighted by atomic mass is 16.5. The average Bonchev–Trinajstić information content (AvgIpc) is 2.33. The van der Waals surface area contributed by atoms with Crippen LogP contribution < -0.4 is 4.74 Å². The molecule has 0 amide bonds. The van der Waals surface area contributed by atoms with E-state index in [1.807, 2.05) is 24.3 Å². The van der Waals surface area contributed by atoms with Gasteiger partial charge in [-0.2, -0.15) is 0 Å². The van der Waals surface area contributed by atoms with Crippen molar-refractivity contribution in [3.63, 3.8) is 0 Å². The van der Waals surface area contributed by atoms with Gasteiger partial charge in [-0.15, -0.1) is 0 Å². The van der Waals surface area contributed by atoms with E-state index < -0.39 is 11.4 Å². The number of carboxylic acids is 1. The average molecular weight is 246 g/mol. The van der Waals surface area contributed by atoms with Gasteiger partial charge in [-0.05, 0) is 30.4 Å². The summed E-state index contributed by atoms with van der Waals surface area (Å²) in [5, 5.41) is 9.60. The Labute approximate surface area is 107 Å². The van der Waals surface area contributed by atoms with E-state index in [1.54, 1.807) is 0 Å². The summed E-state index contributed by atoms with van der Waals surface area (Å²) in [7, 11) is 0. The van der Waals surface area contributed by atoms with Gasteiger partial charge in [0.2, 0.25) is 0 Å². The Morgan fingerprint density at radius 1 is 1.39 bits per heavy atom. The molecule has 3 rings (SSSR count). The van der Waals surface area contributed by atoms with Crippen molar-refractivity contribution in [1.29, 1.82) is 0 Å². The number of ether oxygens (including phenoxy) is 1. The van der Waals surface area contributed by atoms with Gasteiger partial charge in [0.15, 0.2) is 0 Å². The molecule has 1 unspecified atom stereocenters. The van der Waals surface area contributed by atoms with Crippen molar-refractivity contribution < 1.29 is 14.6 Å². The minimum Gasteiger partial charge on any atom is -0.492 e. The standard InChI is InChI=1S/C15H18O3/c16-14(17)15(8-11-4-3-5-11)9-12-6-1-2-7-13(12)18-10-15/h1-2,6-7,11H,3-5,8-10H2,(H,16,17). The number of carboxylic acid groups (broad SMARTS) is 1. The molecule has 1 fully saturated rings. The predicted octanol–water partition coefficient (Wildman–Crippen LogP) is 2.88. The highest BCUT2D eigenvalue weighted by Crippen LogP contribution is 2.43. The summed E-state index contributed by atoms with van der Waals surface area (Å²) in [6.07, 6.45) is 4.97. The summed E-state index contributed by atoms with van der Waals surface area (Å²) in [6, 6.07) is 7.78. The lowest BCUT2D eigenvalue weighted by molar-refractivity contribution is -0.153. The number of benzene rings is 1. The molecular formula is C15H18O3. The summed E-state index contributed by atoms with van der Waals surface area (Å²) in [5.41, 5.74) is 0.324. The van der Waals surface area contributed by atoms with Gasteiger partial charge in [0.05, 0.1) is 0 Å². The summed E-state index contributed by atoms with van der Waals surface area (Å²) in [6.45, 7) is 0.315. The first-order valence-corrected chi connectivity index (χ1v) is 6.64. The smallest absolute Gasteiger partial charge is 0.313 e. The fourth-order valence-corrected chi connectivity index (χ4v) is 3.03. The van der Waals surface area contributed by atoms with Crippen LogP contribution in [-0.2, 0) is 11.2 Å². The summed E-state index contributed by atoms with van der Waals surface area (Å²) in [4.78, 5) is 11.7. The van der Waals surface area contributed by atoms with E-state index >= 15 is 0 Å². The first kappa shape index (κ1) is 11.6. The Kier molecular flexibility index (Phi) is 2.77. The van der Waals surface area contributed by atoms with Gasteiger partial charge >= 0.3 is 5.97 Å². The van der Waals surface area contributed by atoms with Crippen LogP contribution in [0.3, 0.4) is 0 Å². The molecule has 96 valence electrons. The molecule has 1 aromatic rings. The van der Waals surface area contributed by atoms with E-state index in [1.165, 1.54) is 19.3 Å². The fraction of sp³-hybridized carbons (Fsp3) is 0.533. The Morgan fingerprint density at radius 3 is 2.83 bits per heavy atom. The number of para-hydroxylation sites is 1. The van der Waals surface area contributed by atoms with Crippen LogP contribution in [0.2, 0.25) is 0 Å². The maximum Gasteiger partial charge on any atom is 0.313 e. The topological polar surface area (TPSA) is 46.5 Å². The SMILES string of the molecule is O=C(O)C1(CC2CCC2)COc2ccccc2C1. The van der Waals surface area contributed by atoms with Gasteiger partial charge in [0, 0.05) is 0 Å². The van der Waals surface area contributed by atoms with E-state index in [4.69, 9.17) is 4.74 Å². The Bertz CT molecular complexity index is 465. The van der Waals surface area contributed by atoms with Crippen LogP contribution in [0.5, 0.6) is 5.75 Å². The quantitative estimate of drug-likeness (QED) is 0.892. The van der Waals surface area contributed by atoms with Crippen LogP contribution >= 0.6 is 0 Å². The molecular weight excluding hydrogens is 228 g/mol. The molecule has 3 heteroatoms. The Hall–Kier alpha value is -1.51. The number of hydrogen-bond donors (Lipinski definition) is 1. The van der Waals surface area contributed by atoms with Crippen molar-refractivity contribution in [1.82, 2.24) is 0 Å². The molecule has 1 saturated carbocycles. The summed E-state index contributed by atoms with van der Waals surface area (Å²) >= 11 is 0. The lowest BCUT2D eigenvalue weighted by atomic mass is 9.68. The van der Waals surface area contributed by atoms with Gasteiger partial charge in [0.25, 0.3) is 0 Å². The molecule has 1 aliphatic carbocycles. The van der Waals surface area contributed by atoms with E-state index in [9.17, 15) is 9.90 Å². The number of rotatable bonds is 3. The predicted molar refractivity (Wildman–Crippen MR) is 67.7 cm³/mol. The zero-order valence-corrected chi connectivity index (χ0v) is 10.4. The molecule has 1 aliphatic heterocycles. The lowest BCUT2D eigenvalue weighted by Gasteiger charge is -2.39. The number of aliphatic carboxylic acids is 1. The molecule has 1 heterocycles. The van der Waals surface area contributed by atoms with Crippen molar-refractivity contribution in [2.24, 2.45) is 11.3 Å². The molecule has 0 radical (unpaired) electrons. The maximum absolute atomic E-state index is 11.7. The number of fused-ring (bicyclic) bond motifs is 1. The van der Waals surface area contributed by atoms with Crippen molar-refractivity contribution in [2.75, 3.05) is 6.61 Å². The first-order valence-electron chi connectivity index (χ1n) is 6.64. The van der Waals surface area contributed by atoms with E-state index in [2.05, 4.69) is 0 Å². The second-order valence-corrected chi connectivity index (χ2v) is 5.66. The molecule has 0 bridgehead atoms. The van der Waals surface area contributed by atoms with Gasteiger partial charge < -0.3 is 9.84 Å². The second-order valence-electron chi connectivity index (χ2n) is 5.66. The van der Waals surface area contributed by atoms with Crippen LogP contribution in [0, 0.1) is 11.3 Å². The summed E-state index contributed by atoms with van der Waals surface area (Å²) < 4.78 is 5.69. The van der Waals surface area contributed by atoms with Crippen LogP contribution in [0.25, 0.3) is 0 Å². The van der Waals surface area contributed by atoms with E-state index in [-0.39, 0.29) is 0 Å². The van der Waals surface area contributed by atoms with E-state index in [0.29, 0.717) is 18.9 Å². The number of hydrogen-bond acceptors (Lipinski definition) is 2. The van der Waals surface area contributed by atoms with Crippen LogP contribution in [-0.4, -0.2) is 17.7 Å². The molecule has 0 aromatic heterocycles. The van der Waals surface area contributed by atoms with Gasteiger partial charge in [-0.25, -0.2) is 0 Å². The molecule has 0 spiro atoms. The molecule has 1 N–H and O–H groups in total. The van der Waals surface area contributed by atoms with Gasteiger partial charge in [-0.3, -0.25) is 4.79 Å². The maximum atomic E-state index is 11.7. The van der Waals surface area contributed by atoms with Crippen molar-refractivity contribution in [3.8, 4) is 5.75 Å². The first-order chi connectivity index (χ1) is 8.70. The molecule has 1 aromatic carbocycles. The monoisotopic (exact) mass is 246 g/mol. The normalized spacial score (nSPS) is 26.9. The van der Waals surface area contributed by atoms with Crippen molar-refractivity contribution >= 4 is 5.97 Å². The zero-order chi connectivity index (χ0) is 12.6. The molecule has 1 atom stereocenters. The van der Waals surface area contributed by atoms with Crippen LogP contribution in [0.1, 0.15) is 31.2 Å². The molecule has 3 nitrogen and oxygen atoms in total. The second kappa shape index (κ2) is 4.30. The van der Waals surface area contributed by atoms with Gasteiger partial charge in [0.1, 0.15) is 17.8 Å². The Balaban J connectivity index is 1.86. The van der Waals surface area contributed by atoms with Gasteiger partial charge in [-0.1, -0.05) is 37.5 Å². The van der Waals surface area contributed by atoms with Crippen LogP contribution in [0.15, 0.2) is 24.3 Å². The largest absolute Gasteiger partial charge is 0.492 e.